The predicted octanol–water partition coefficient (Wildman–Crippen LogP) is 4.92. The minimum Gasteiger partial charge on any atom is -0.277 e. The van der Waals surface area contributed by atoms with Crippen molar-refractivity contribution < 1.29 is 4.39 Å². The van der Waals surface area contributed by atoms with Gasteiger partial charge in [0.2, 0.25) is 4.21 Å². The van der Waals surface area contributed by atoms with Gasteiger partial charge < -0.3 is 0 Å². The van der Waals surface area contributed by atoms with Gasteiger partial charge in [-0.1, -0.05) is 17.4 Å². The van der Waals surface area contributed by atoms with E-state index in [4.69, 9.17) is 0 Å². The number of aromatic nitrogens is 4. The Hall–Kier alpha value is -3.03. The minimum absolute atomic E-state index is 0.265. The molecule has 0 aliphatic rings. The summed E-state index contributed by atoms with van der Waals surface area (Å²) >= 11 is 5.20. The van der Waals surface area contributed by atoms with Gasteiger partial charge in [-0.25, -0.2) is 14.4 Å². The Morgan fingerprint density at radius 1 is 0.929 bits per heavy atom. The van der Waals surface area contributed by atoms with Gasteiger partial charge in [0.15, 0.2) is 0 Å². The molecule has 1 N–H and O–H groups in total. The van der Waals surface area contributed by atoms with Crippen LogP contribution in [0.2, 0.25) is 0 Å². The molecule has 5 aromatic rings. The number of rotatable bonds is 3. The highest BCUT2D eigenvalue weighted by molar-refractivity contribution is 7.63. The second kappa shape index (κ2) is 6.85. The average molecular weight is 406 g/mol. The van der Waals surface area contributed by atoms with E-state index < -0.39 is 0 Å². The molecule has 7 heteroatoms. The van der Waals surface area contributed by atoms with Crippen LogP contribution in [0.1, 0.15) is 0 Å². The predicted molar refractivity (Wildman–Crippen MR) is 114 cm³/mol. The summed E-state index contributed by atoms with van der Waals surface area (Å²) in [6.07, 6.45) is 3.37. The molecule has 0 bridgehead atoms. The normalized spacial score (nSPS) is 11.2. The molecular weight excluding hydrogens is 391 g/mol. The molecule has 0 saturated carbocycles. The maximum atomic E-state index is 13.3. The number of benzene rings is 2. The van der Waals surface area contributed by atoms with E-state index in [1.54, 1.807) is 36.0 Å². The van der Waals surface area contributed by atoms with Gasteiger partial charge in [0, 0.05) is 35.2 Å². The molecule has 0 atom stereocenters. The highest BCUT2D eigenvalue weighted by atomic mass is 32.2. The Kier molecular flexibility index (Phi) is 4.18. The van der Waals surface area contributed by atoms with Crippen LogP contribution < -0.4 is 0 Å². The zero-order valence-corrected chi connectivity index (χ0v) is 16.3. The van der Waals surface area contributed by atoms with Gasteiger partial charge in [0.1, 0.15) is 12.1 Å². The molecule has 136 valence electrons. The van der Waals surface area contributed by atoms with Crippen molar-refractivity contribution >= 4 is 34.9 Å². The lowest BCUT2D eigenvalue weighted by molar-refractivity contribution is 0.628. The van der Waals surface area contributed by atoms with Crippen LogP contribution in [0.4, 0.5) is 4.39 Å². The van der Waals surface area contributed by atoms with E-state index in [0.29, 0.717) is 0 Å². The van der Waals surface area contributed by atoms with Crippen molar-refractivity contribution in [3.63, 3.8) is 0 Å². The Bertz CT molecular complexity index is 1290. The average Bonchev–Trinajstić information content (AvgIpc) is 3.37. The van der Waals surface area contributed by atoms with Crippen molar-refractivity contribution in [1.29, 1.82) is 0 Å². The molecule has 0 fully saturated rings. The van der Waals surface area contributed by atoms with Crippen molar-refractivity contribution in [1.82, 2.24) is 20.2 Å². The molecule has 3 aromatic heterocycles. The first kappa shape index (κ1) is 17.1. The van der Waals surface area contributed by atoms with E-state index in [9.17, 15) is 4.39 Å². The summed E-state index contributed by atoms with van der Waals surface area (Å²) in [5, 5.41) is 8.21. The Balaban J connectivity index is 1.67. The van der Waals surface area contributed by atoms with Crippen molar-refractivity contribution in [2.24, 2.45) is 0 Å². The molecule has 3 heterocycles. The summed E-state index contributed by atoms with van der Waals surface area (Å²) in [6.45, 7) is 0. The monoisotopic (exact) mass is 405 g/mol. The molecule has 0 radical (unpaired) electrons. The third kappa shape index (κ3) is 2.98. The summed E-state index contributed by atoms with van der Waals surface area (Å²) in [5.41, 5.74) is 5.43. The maximum Gasteiger partial charge on any atom is 0.204 e. The summed E-state index contributed by atoms with van der Waals surface area (Å²) in [5.74, 6) is -0.265. The second-order valence-electron chi connectivity index (χ2n) is 6.28. The van der Waals surface area contributed by atoms with Crippen molar-refractivity contribution in [3.05, 3.63) is 72.9 Å². The Labute approximate surface area is 169 Å². The number of fused-ring (bicyclic) bond motifs is 1. The van der Waals surface area contributed by atoms with Gasteiger partial charge in [0.05, 0.1) is 28.0 Å². The van der Waals surface area contributed by atoms with Crippen molar-refractivity contribution in [3.8, 4) is 33.0 Å². The van der Waals surface area contributed by atoms with Gasteiger partial charge in [-0.3, -0.25) is 5.10 Å². The molecule has 0 saturated heterocycles. The summed E-state index contributed by atoms with van der Waals surface area (Å²) in [4.78, 5) is 9.99. The van der Waals surface area contributed by atoms with Gasteiger partial charge in [-0.2, -0.15) is 5.10 Å². The van der Waals surface area contributed by atoms with Crippen LogP contribution in [0, 0.1) is 5.82 Å². The van der Waals surface area contributed by atoms with Crippen LogP contribution in [-0.2, 0) is 12.6 Å². The SMILES string of the molecule is Fc1ccc(-c2[nH]ncc2-c2ccc3ncnc(-c4ccc([SH2+])s4)c3c2)cc1. The van der Waals surface area contributed by atoms with E-state index in [-0.39, 0.29) is 5.82 Å². The molecular formula is C21H14FN4S2+. The van der Waals surface area contributed by atoms with Crippen LogP contribution in [0.25, 0.3) is 43.9 Å². The number of nitrogens with zero attached hydrogens (tertiary/aromatic N) is 3. The molecule has 28 heavy (non-hydrogen) atoms. The standard InChI is InChI=1S/C21H13FN4S2/c22-14-4-1-12(2-5-14)20-16(10-25-26-20)13-3-6-17-15(9-13)21(24-11-23-17)18-7-8-19(27)28-18/h1-11,27H,(H,25,26)/p+1. The maximum absolute atomic E-state index is 13.3. The fourth-order valence-electron chi connectivity index (χ4n) is 3.23. The molecule has 0 aliphatic carbocycles. The Morgan fingerprint density at radius 2 is 1.75 bits per heavy atom. The first-order valence-electron chi connectivity index (χ1n) is 8.55. The van der Waals surface area contributed by atoms with Crippen molar-refractivity contribution in [2.45, 2.75) is 4.21 Å². The molecule has 0 amide bonds. The van der Waals surface area contributed by atoms with E-state index in [2.05, 4.69) is 38.9 Å². The second-order valence-corrected chi connectivity index (χ2v) is 8.27. The van der Waals surface area contributed by atoms with Crippen LogP contribution in [0.3, 0.4) is 0 Å². The van der Waals surface area contributed by atoms with Gasteiger partial charge in [-0.15, -0.1) is 0 Å². The smallest absolute Gasteiger partial charge is 0.204 e. The zero-order chi connectivity index (χ0) is 19.1. The van der Waals surface area contributed by atoms with Crippen molar-refractivity contribution in [2.75, 3.05) is 0 Å². The van der Waals surface area contributed by atoms with Crippen LogP contribution in [0.5, 0.6) is 0 Å². The van der Waals surface area contributed by atoms with Crippen LogP contribution in [0.15, 0.2) is 71.3 Å². The molecule has 0 aliphatic heterocycles. The summed E-state index contributed by atoms with van der Waals surface area (Å²) in [6, 6.07) is 16.5. The molecule has 0 unspecified atom stereocenters. The first-order chi connectivity index (χ1) is 13.7. The molecule has 5 rings (SSSR count). The third-order valence-corrected chi connectivity index (χ3v) is 5.94. The number of nitrogens with one attached hydrogen (secondary N) is 1. The summed E-state index contributed by atoms with van der Waals surface area (Å²) < 4.78 is 14.3. The molecule has 0 spiro atoms. The highest BCUT2D eigenvalue weighted by Crippen LogP contribution is 2.35. The topological polar surface area (TPSA) is 54.5 Å². The lowest BCUT2D eigenvalue weighted by Gasteiger charge is -2.07. The number of hydrogen-bond donors (Lipinski definition) is 1. The lowest BCUT2D eigenvalue weighted by atomic mass is 9.99. The fraction of sp³-hybridized carbons (Fsp3) is 0. The molecule has 2 aromatic carbocycles. The van der Waals surface area contributed by atoms with Crippen LogP contribution in [-0.4, -0.2) is 20.2 Å². The minimum atomic E-state index is -0.265. The summed E-state index contributed by atoms with van der Waals surface area (Å²) in [7, 11) is 0. The van der Waals surface area contributed by atoms with Gasteiger partial charge >= 0.3 is 0 Å². The number of aromatic amines is 1. The molecule has 4 nitrogen and oxygen atoms in total. The van der Waals surface area contributed by atoms with Gasteiger partial charge in [0.25, 0.3) is 0 Å². The van der Waals surface area contributed by atoms with Crippen LogP contribution >= 0.6 is 11.3 Å². The highest BCUT2D eigenvalue weighted by Gasteiger charge is 2.14. The number of thiophene rings is 1. The number of halogens is 1. The number of H-pyrrole nitrogens is 1. The van der Waals surface area contributed by atoms with Gasteiger partial charge in [-0.05, 0) is 48.0 Å². The quantitative estimate of drug-likeness (QED) is 0.433. The largest absolute Gasteiger partial charge is 0.277 e. The van der Waals surface area contributed by atoms with E-state index in [1.807, 2.05) is 24.3 Å². The van der Waals surface area contributed by atoms with E-state index >= 15 is 0 Å². The van der Waals surface area contributed by atoms with E-state index in [0.717, 1.165) is 48.1 Å². The number of hydrogen-bond acceptors (Lipinski definition) is 4. The zero-order valence-electron chi connectivity index (χ0n) is 14.5. The fourth-order valence-corrected chi connectivity index (χ4v) is 4.41. The first-order valence-corrected chi connectivity index (χ1v) is 9.87. The Morgan fingerprint density at radius 3 is 2.54 bits per heavy atom. The van der Waals surface area contributed by atoms with E-state index in [1.165, 1.54) is 12.1 Å². The lowest BCUT2D eigenvalue weighted by Crippen LogP contribution is -1.89. The third-order valence-electron chi connectivity index (χ3n) is 4.56.